The molecule has 2 aromatic heterocycles. The molecule has 2 unspecified atom stereocenters. The molecule has 4 heterocycles. The molecule has 2 aliphatic rings. The minimum absolute atomic E-state index is 0.0619. The van der Waals surface area contributed by atoms with Crippen LogP contribution >= 0.6 is 0 Å². The van der Waals surface area contributed by atoms with E-state index in [1.807, 2.05) is 6.07 Å². The maximum atomic E-state index is 14.6. The van der Waals surface area contributed by atoms with E-state index in [4.69, 9.17) is 4.52 Å². The molecule has 198 valence electrons. The lowest BCUT2D eigenvalue weighted by Gasteiger charge is -2.49. The summed E-state index contributed by atoms with van der Waals surface area (Å²) in [4.78, 5) is 11.2. The van der Waals surface area contributed by atoms with E-state index in [1.165, 1.54) is 30.4 Å². The molecule has 0 spiro atoms. The number of piperidine rings is 2. The van der Waals surface area contributed by atoms with Crippen LogP contribution in [-0.4, -0.2) is 41.9 Å². The van der Waals surface area contributed by atoms with Gasteiger partial charge < -0.3 is 14.7 Å². The average molecular weight is 528 g/mol. The van der Waals surface area contributed by atoms with Crippen molar-refractivity contribution in [3.63, 3.8) is 0 Å². The molecule has 1 N–H and O–H groups in total. The third-order valence-electron chi connectivity index (χ3n) is 7.64. The van der Waals surface area contributed by atoms with E-state index in [9.17, 15) is 12.8 Å². The van der Waals surface area contributed by atoms with Crippen molar-refractivity contribution in [1.82, 2.24) is 15.1 Å². The lowest BCUT2D eigenvalue weighted by atomic mass is 9.76. The molecule has 1 aromatic carbocycles. The minimum atomic E-state index is -3.49. The highest BCUT2D eigenvalue weighted by atomic mass is 32.2. The number of benzene rings is 1. The smallest absolute Gasteiger partial charge is 0.175 e. The standard InChI is InChI=1S/C27H34FN5O3S/c1-5-21-26(16(2)3)32-36-27(21)17-11-18-7-6-8-19(12-17)33(18)25-14-24(29-15-30-25)31-23-10-9-20(13-22(23)28)37(4,34)35/h9-10,13-19H,5-8,11-12H2,1-4H3,(H,29,30,31). The van der Waals surface area contributed by atoms with Crippen LogP contribution in [0.1, 0.15) is 81.7 Å². The Morgan fingerprint density at radius 2 is 1.89 bits per heavy atom. The van der Waals surface area contributed by atoms with Crippen molar-refractivity contribution in [3.8, 4) is 0 Å². The molecular weight excluding hydrogens is 493 g/mol. The Labute approximate surface area is 217 Å². The second-order valence-corrected chi connectivity index (χ2v) is 12.5. The fourth-order valence-corrected chi connectivity index (χ4v) is 6.59. The van der Waals surface area contributed by atoms with Crippen LogP contribution in [0.5, 0.6) is 0 Å². The number of fused-ring (bicyclic) bond motifs is 2. The summed E-state index contributed by atoms with van der Waals surface area (Å²) < 4.78 is 44.0. The highest BCUT2D eigenvalue weighted by Crippen LogP contribution is 2.45. The largest absolute Gasteiger partial charge is 0.361 e. The normalized spacial score (nSPS) is 21.9. The molecule has 37 heavy (non-hydrogen) atoms. The summed E-state index contributed by atoms with van der Waals surface area (Å²) >= 11 is 0. The molecule has 2 saturated heterocycles. The second kappa shape index (κ2) is 10.0. The van der Waals surface area contributed by atoms with E-state index in [2.05, 4.69) is 46.1 Å². The van der Waals surface area contributed by atoms with Crippen molar-refractivity contribution in [3.05, 3.63) is 53.4 Å². The molecular formula is C27H34FN5O3S. The maximum absolute atomic E-state index is 14.6. The van der Waals surface area contributed by atoms with Gasteiger partial charge in [0.15, 0.2) is 9.84 Å². The molecule has 0 amide bonds. The first-order chi connectivity index (χ1) is 17.7. The molecule has 0 aliphatic carbocycles. The van der Waals surface area contributed by atoms with E-state index in [-0.39, 0.29) is 10.6 Å². The average Bonchev–Trinajstić information content (AvgIpc) is 3.28. The minimum Gasteiger partial charge on any atom is -0.361 e. The molecule has 0 saturated carbocycles. The number of nitrogens with one attached hydrogen (secondary N) is 1. The van der Waals surface area contributed by atoms with E-state index in [0.717, 1.165) is 61.7 Å². The van der Waals surface area contributed by atoms with Crippen LogP contribution in [0.4, 0.5) is 21.7 Å². The van der Waals surface area contributed by atoms with Crippen molar-refractivity contribution in [2.24, 2.45) is 0 Å². The molecule has 10 heteroatoms. The molecule has 8 nitrogen and oxygen atoms in total. The van der Waals surface area contributed by atoms with Crippen molar-refractivity contribution in [2.45, 2.75) is 88.1 Å². The number of hydrogen-bond donors (Lipinski definition) is 1. The first kappa shape index (κ1) is 25.6. The Bertz CT molecular complexity index is 1380. The Hall–Kier alpha value is -3.01. The van der Waals surface area contributed by atoms with E-state index >= 15 is 0 Å². The van der Waals surface area contributed by atoms with Crippen LogP contribution in [0.25, 0.3) is 0 Å². The van der Waals surface area contributed by atoms with Gasteiger partial charge >= 0.3 is 0 Å². The fourth-order valence-electron chi connectivity index (χ4n) is 5.96. The number of nitrogens with zero attached hydrogens (tertiary/aromatic N) is 4. The van der Waals surface area contributed by atoms with Gasteiger partial charge in [0.1, 0.15) is 29.5 Å². The zero-order chi connectivity index (χ0) is 26.3. The summed E-state index contributed by atoms with van der Waals surface area (Å²) in [5.74, 6) is 2.35. The molecule has 3 aromatic rings. The van der Waals surface area contributed by atoms with E-state index in [1.54, 1.807) is 0 Å². The van der Waals surface area contributed by atoms with Gasteiger partial charge in [0, 0.05) is 35.9 Å². The summed E-state index contributed by atoms with van der Waals surface area (Å²) in [6.07, 6.45) is 8.76. The number of halogens is 1. The first-order valence-electron chi connectivity index (χ1n) is 13.0. The summed E-state index contributed by atoms with van der Waals surface area (Å²) in [6, 6.07) is 6.32. The van der Waals surface area contributed by atoms with E-state index in [0.29, 0.717) is 29.7 Å². The van der Waals surface area contributed by atoms with Crippen LogP contribution in [0.3, 0.4) is 0 Å². The van der Waals surface area contributed by atoms with Gasteiger partial charge in [0.05, 0.1) is 16.3 Å². The Morgan fingerprint density at radius 1 is 1.16 bits per heavy atom. The highest BCUT2D eigenvalue weighted by Gasteiger charge is 2.41. The van der Waals surface area contributed by atoms with Gasteiger partial charge in [-0.1, -0.05) is 25.9 Å². The highest BCUT2D eigenvalue weighted by molar-refractivity contribution is 7.90. The Kier molecular flexibility index (Phi) is 6.95. The number of sulfone groups is 1. The number of rotatable bonds is 7. The zero-order valence-electron chi connectivity index (χ0n) is 21.7. The fraction of sp³-hybridized carbons (Fsp3) is 0.519. The zero-order valence-corrected chi connectivity index (χ0v) is 22.6. The lowest BCUT2D eigenvalue weighted by Crippen LogP contribution is -2.52. The predicted octanol–water partition coefficient (Wildman–Crippen LogP) is 5.74. The van der Waals surface area contributed by atoms with Gasteiger partial charge in [0.25, 0.3) is 0 Å². The lowest BCUT2D eigenvalue weighted by molar-refractivity contribution is 0.237. The molecule has 2 aliphatic heterocycles. The Morgan fingerprint density at radius 3 is 2.51 bits per heavy atom. The summed E-state index contributed by atoms with van der Waals surface area (Å²) in [7, 11) is -3.49. The van der Waals surface area contributed by atoms with Crippen LogP contribution < -0.4 is 10.2 Å². The van der Waals surface area contributed by atoms with Crippen molar-refractivity contribution >= 4 is 27.2 Å². The summed E-state index contributed by atoms with van der Waals surface area (Å²) in [5.41, 5.74) is 2.51. The van der Waals surface area contributed by atoms with Gasteiger partial charge in [-0.3, -0.25) is 0 Å². The third-order valence-corrected chi connectivity index (χ3v) is 8.75. The monoisotopic (exact) mass is 527 g/mol. The number of hydrogen-bond acceptors (Lipinski definition) is 8. The summed E-state index contributed by atoms with van der Waals surface area (Å²) in [5, 5.41) is 7.42. The SMILES string of the molecule is CCc1c(C(C)C)noc1C1CC2CCCC(C1)N2c1cc(Nc2ccc(S(C)(=O)=O)cc2F)ncn1. The molecule has 2 fully saturated rings. The number of anilines is 3. The quantitative estimate of drug-likeness (QED) is 0.415. The van der Waals surface area contributed by atoms with Gasteiger partial charge in [-0.05, 0) is 62.6 Å². The Balaban J connectivity index is 1.37. The molecule has 2 atom stereocenters. The first-order valence-corrected chi connectivity index (χ1v) is 14.9. The van der Waals surface area contributed by atoms with Crippen LogP contribution in [0, 0.1) is 5.82 Å². The van der Waals surface area contributed by atoms with Crippen LogP contribution in [0.15, 0.2) is 40.0 Å². The van der Waals surface area contributed by atoms with Gasteiger partial charge in [-0.15, -0.1) is 0 Å². The van der Waals surface area contributed by atoms with Crippen molar-refractivity contribution in [2.75, 3.05) is 16.5 Å². The van der Waals surface area contributed by atoms with Gasteiger partial charge in [-0.25, -0.2) is 22.8 Å². The second-order valence-electron chi connectivity index (χ2n) is 10.5. The predicted molar refractivity (Wildman–Crippen MR) is 141 cm³/mol. The molecule has 5 rings (SSSR count). The molecule has 0 radical (unpaired) electrons. The van der Waals surface area contributed by atoms with E-state index < -0.39 is 15.7 Å². The topological polar surface area (TPSA) is 101 Å². The van der Waals surface area contributed by atoms with Gasteiger partial charge in [0.2, 0.25) is 0 Å². The van der Waals surface area contributed by atoms with Gasteiger partial charge in [-0.2, -0.15) is 0 Å². The van der Waals surface area contributed by atoms with Crippen molar-refractivity contribution < 1.29 is 17.3 Å². The maximum Gasteiger partial charge on any atom is 0.175 e. The number of aromatic nitrogens is 3. The van der Waals surface area contributed by atoms with Crippen LogP contribution in [-0.2, 0) is 16.3 Å². The summed E-state index contributed by atoms with van der Waals surface area (Å²) in [6.45, 7) is 6.49. The van der Waals surface area contributed by atoms with Crippen LogP contribution in [0.2, 0.25) is 0 Å². The third kappa shape index (κ3) is 5.08. The van der Waals surface area contributed by atoms with Crippen molar-refractivity contribution in [1.29, 1.82) is 0 Å². The molecule has 2 bridgehead atoms.